The molecule has 2 aromatic carbocycles. The van der Waals surface area contributed by atoms with Crippen molar-refractivity contribution in [1.82, 2.24) is 5.48 Å². The normalized spacial score (nSPS) is 15.1. The van der Waals surface area contributed by atoms with Gasteiger partial charge >= 0.3 is 0 Å². The van der Waals surface area contributed by atoms with Crippen molar-refractivity contribution in [1.29, 1.82) is 0 Å². The molecule has 1 aliphatic carbocycles. The van der Waals surface area contributed by atoms with Gasteiger partial charge in [-0.05, 0) is 54.7 Å². The van der Waals surface area contributed by atoms with Gasteiger partial charge in [-0.2, -0.15) is 0 Å². The Balaban J connectivity index is 1.99. The van der Waals surface area contributed by atoms with Crippen molar-refractivity contribution in [3.8, 4) is 16.9 Å². The number of nitrogens with zero attached hydrogens (tertiary/aromatic N) is 1. The van der Waals surface area contributed by atoms with Crippen LogP contribution in [0.5, 0.6) is 5.75 Å². The number of anilines is 1. The predicted molar refractivity (Wildman–Crippen MR) is 114 cm³/mol. The number of carbonyl (C=O) groups is 2. The molecule has 0 aromatic heterocycles. The zero-order valence-electron chi connectivity index (χ0n) is 20.3. The molecule has 2 aromatic rings. The van der Waals surface area contributed by atoms with Crippen LogP contribution in [0, 0.1) is 11.6 Å². The first-order valence-electron chi connectivity index (χ1n) is 11.3. The summed E-state index contributed by atoms with van der Waals surface area (Å²) in [4.78, 5) is 30.8. The van der Waals surface area contributed by atoms with E-state index in [4.69, 9.17) is 8.85 Å². The molecule has 0 fully saturated rings. The monoisotopic (exact) mass is 449 g/mol. The van der Waals surface area contributed by atoms with Crippen LogP contribution in [0.1, 0.15) is 23.4 Å². The van der Waals surface area contributed by atoms with E-state index in [1.165, 1.54) is 31.4 Å². The number of ether oxygens (including phenoxy) is 1. The van der Waals surface area contributed by atoms with Crippen LogP contribution >= 0.6 is 0 Å². The lowest BCUT2D eigenvalue weighted by atomic mass is 10.0. The molecule has 0 spiro atoms. The lowest BCUT2D eigenvalue weighted by molar-refractivity contribution is -0.127. The molecule has 2 N–H and O–H groups in total. The Bertz CT molecular complexity index is 1130. The van der Waals surface area contributed by atoms with E-state index in [0.717, 1.165) is 17.0 Å². The van der Waals surface area contributed by atoms with Crippen LogP contribution in [0.2, 0.25) is 0 Å². The number of benzene rings is 2. The van der Waals surface area contributed by atoms with Gasteiger partial charge in [-0.25, -0.2) is 14.3 Å². The molecule has 0 heterocycles. The van der Waals surface area contributed by atoms with E-state index in [2.05, 4.69) is 10.3 Å². The van der Waals surface area contributed by atoms with Crippen LogP contribution in [0.4, 0.5) is 14.5 Å². The molecule has 32 heavy (non-hydrogen) atoms. The SMILES string of the molecule is [2H]C([2H])([2H])Oc1cccc(-c2cc(F)c(N(CCO)C(=O)C3=C(C(=O)NOC)CCC3)c(F)c2)c1. The minimum absolute atomic E-state index is 0.0143. The Morgan fingerprint density at radius 3 is 2.53 bits per heavy atom. The topological polar surface area (TPSA) is 88.1 Å². The molecule has 3 rings (SSSR count). The number of nitrogens with one attached hydrogen (secondary N) is 1. The number of carbonyl (C=O) groups excluding carboxylic acids is 2. The molecule has 0 saturated carbocycles. The van der Waals surface area contributed by atoms with E-state index >= 15 is 8.78 Å². The van der Waals surface area contributed by atoms with Gasteiger partial charge in [0.25, 0.3) is 11.8 Å². The molecular weight excluding hydrogens is 422 g/mol. The number of hydroxylamine groups is 1. The van der Waals surface area contributed by atoms with Crippen LogP contribution in [-0.2, 0) is 14.4 Å². The summed E-state index contributed by atoms with van der Waals surface area (Å²) < 4.78 is 56.9. The quantitative estimate of drug-likeness (QED) is 0.605. The first-order chi connectivity index (χ1) is 16.6. The van der Waals surface area contributed by atoms with E-state index in [1.807, 2.05) is 0 Å². The summed E-state index contributed by atoms with van der Waals surface area (Å²) in [5.74, 6) is -3.58. The highest BCUT2D eigenvalue weighted by molar-refractivity contribution is 6.11. The summed E-state index contributed by atoms with van der Waals surface area (Å²) >= 11 is 0. The smallest absolute Gasteiger partial charge is 0.271 e. The van der Waals surface area contributed by atoms with Gasteiger partial charge in [0.05, 0.1) is 24.9 Å². The summed E-state index contributed by atoms with van der Waals surface area (Å²) in [5.41, 5.74) is 2.08. The second-order valence-corrected chi connectivity index (χ2v) is 7.04. The molecule has 7 nitrogen and oxygen atoms in total. The Labute approximate surface area is 188 Å². The van der Waals surface area contributed by atoms with Crippen molar-refractivity contribution >= 4 is 17.5 Å². The lowest BCUT2D eigenvalue weighted by Gasteiger charge is -2.24. The summed E-state index contributed by atoms with van der Waals surface area (Å²) in [6.07, 6.45) is 1.02. The molecule has 0 aliphatic heterocycles. The van der Waals surface area contributed by atoms with Crippen LogP contribution in [0.3, 0.4) is 0 Å². The largest absolute Gasteiger partial charge is 0.497 e. The maximum atomic E-state index is 15.2. The predicted octanol–water partition coefficient (Wildman–Crippen LogP) is 3.12. The van der Waals surface area contributed by atoms with Crippen molar-refractivity contribution < 1.29 is 37.2 Å². The third kappa shape index (κ3) is 4.79. The fourth-order valence-electron chi connectivity index (χ4n) is 3.69. The highest BCUT2D eigenvalue weighted by Crippen LogP contribution is 2.34. The third-order valence-corrected chi connectivity index (χ3v) is 5.09. The number of rotatable bonds is 8. The molecule has 0 radical (unpaired) electrons. The van der Waals surface area contributed by atoms with E-state index in [1.54, 1.807) is 0 Å². The summed E-state index contributed by atoms with van der Waals surface area (Å²) in [6, 6.07) is 7.69. The van der Waals surface area contributed by atoms with Gasteiger partial charge in [-0.15, -0.1) is 0 Å². The first-order valence-corrected chi connectivity index (χ1v) is 9.82. The minimum Gasteiger partial charge on any atom is -0.497 e. The Kier molecular flexibility index (Phi) is 6.27. The molecule has 0 unspecified atom stereocenters. The average Bonchev–Trinajstić information content (AvgIpc) is 3.27. The fourth-order valence-corrected chi connectivity index (χ4v) is 3.69. The number of aliphatic hydroxyl groups excluding tert-OH is 1. The van der Waals surface area contributed by atoms with Gasteiger partial charge in [-0.3, -0.25) is 14.4 Å². The second-order valence-electron chi connectivity index (χ2n) is 7.04. The fraction of sp³-hybridized carbons (Fsp3) is 0.304. The molecule has 0 bridgehead atoms. The van der Waals surface area contributed by atoms with Crippen LogP contribution < -0.4 is 15.1 Å². The van der Waals surface area contributed by atoms with Crippen molar-refractivity contribution in [3.05, 3.63) is 59.2 Å². The minimum atomic E-state index is -2.70. The highest BCUT2D eigenvalue weighted by Gasteiger charge is 2.32. The molecular formula is C23H24F2N2O5. The van der Waals surface area contributed by atoms with Crippen molar-refractivity contribution in [2.45, 2.75) is 19.3 Å². The number of hydrogen-bond acceptors (Lipinski definition) is 5. The summed E-state index contributed by atoms with van der Waals surface area (Å²) in [7, 11) is -1.46. The zero-order valence-corrected chi connectivity index (χ0v) is 17.3. The maximum absolute atomic E-state index is 15.2. The van der Waals surface area contributed by atoms with Gasteiger partial charge in [0.1, 0.15) is 11.4 Å². The number of amides is 2. The maximum Gasteiger partial charge on any atom is 0.271 e. The molecule has 2 amide bonds. The molecule has 0 atom stereocenters. The Hall–Kier alpha value is -3.30. The summed E-state index contributed by atoms with van der Waals surface area (Å²) in [5, 5.41) is 9.47. The summed E-state index contributed by atoms with van der Waals surface area (Å²) in [6.45, 7) is -0.982. The molecule has 170 valence electrons. The van der Waals surface area contributed by atoms with Crippen molar-refractivity contribution in [3.63, 3.8) is 0 Å². The van der Waals surface area contributed by atoms with E-state index in [-0.39, 0.29) is 34.4 Å². The zero-order chi connectivity index (χ0) is 25.8. The van der Waals surface area contributed by atoms with Gasteiger partial charge < -0.3 is 14.7 Å². The first kappa shape index (κ1) is 19.4. The lowest BCUT2D eigenvalue weighted by Crippen LogP contribution is -2.37. The van der Waals surface area contributed by atoms with Crippen LogP contribution in [0.25, 0.3) is 11.1 Å². The molecule has 1 aliphatic rings. The number of methoxy groups -OCH3 is 1. The van der Waals surface area contributed by atoms with E-state index in [9.17, 15) is 14.7 Å². The number of aliphatic hydroxyl groups is 1. The number of halogens is 2. The molecule has 9 heteroatoms. The average molecular weight is 449 g/mol. The molecule has 0 saturated heterocycles. The van der Waals surface area contributed by atoms with E-state index in [0.29, 0.717) is 12.8 Å². The van der Waals surface area contributed by atoms with Crippen molar-refractivity contribution in [2.24, 2.45) is 0 Å². The standard InChI is InChI=1S/C23H24F2N2O5/c1-31-16-6-3-5-14(11-16)15-12-19(24)21(20(25)13-15)27(9-10-28)23(30)18-8-4-7-17(18)22(29)26-32-2/h3,5-6,11-13,28H,4,7-10H2,1-2H3,(H,26,29)/i1D3. The van der Waals surface area contributed by atoms with Crippen LogP contribution in [-0.4, -0.2) is 44.2 Å². The van der Waals surface area contributed by atoms with E-state index < -0.39 is 49.3 Å². The number of hydrogen-bond donors (Lipinski definition) is 2. The second kappa shape index (κ2) is 10.3. The Morgan fingerprint density at radius 2 is 1.88 bits per heavy atom. The Morgan fingerprint density at radius 1 is 1.16 bits per heavy atom. The highest BCUT2D eigenvalue weighted by atomic mass is 19.1. The van der Waals surface area contributed by atoms with Gasteiger partial charge in [-0.1, -0.05) is 12.1 Å². The van der Waals surface area contributed by atoms with Gasteiger partial charge in [0, 0.05) is 17.7 Å². The third-order valence-electron chi connectivity index (χ3n) is 5.09. The van der Waals surface area contributed by atoms with Crippen molar-refractivity contribution in [2.75, 3.05) is 32.2 Å². The van der Waals surface area contributed by atoms with Gasteiger partial charge in [0.15, 0.2) is 11.6 Å². The van der Waals surface area contributed by atoms with Crippen LogP contribution in [0.15, 0.2) is 47.5 Å². The van der Waals surface area contributed by atoms with Gasteiger partial charge in [0.2, 0.25) is 0 Å².